The minimum Gasteiger partial charge on any atom is -0.829 e. The van der Waals surface area contributed by atoms with Crippen LogP contribution in [0.15, 0.2) is 30.3 Å². The Morgan fingerprint density at radius 1 is 1.14 bits per heavy atom. The molecule has 1 aliphatic rings. The molecule has 2 rings (SSSR count). The summed E-state index contributed by atoms with van der Waals surface area (Å²) < 4.78 is 4.46. The van der Waals surface area contributed by atoms with Gasteiger partial charge in [0.05, 0.1) is 18.8 Å². The van der Waals surface area contributed by atoms with Crippen molar-refractivity contribution in [3.63, 3.8) is 0 Å². The van der Waals surface area contributed by atoms with Crippen LogP contribution in [0.25, 0.3) is 0 Å². The Morgan fingerprint density at radius 3 is 2.23 bits per heavy atom. The van der Waals surface area contributed by atoms with E-state index in [9.17, 15) is 5.11 Å². The molecule has 6 atom stereocenters. The van der Waals surface area contributed by atoms with Gasteiger partial charge in [0.25, 0.3) is 0 Å². The van der Waals surface area contributed by atoms with Crippen LogP contribution in [0.4, 0.5) is 0 Å². The van der Waals surface area contributed by atoms with Crippen molar-refractivity contribution in [1.29, 1.82) is 5.26 Å². The molecule has 1 aromatic carbocycles. The quantitative estimate of drug-likeness (QED) is 0.372. The second-order valence-electron chi connectivity index (χ2n) is 4.64. The maximum atomic E-state index is 10.7. The average Bonchev–Trinajstić information content (AvgIpc) is 2.56. The number of rotatable bonds is 2. The molecule has 1 aliphatic heterocycles. The van der Waals surface area contributed by atoms with Gasteiger partial charge in [-0.25, -0.2) is 0 Å². The van der Waals surface area contributed by atoms with E-state index in [1.54, 1.807) is 30.3 Å². The van der Waals surface area contributed by atoms with Crippen LogP contribution in [0.2, 0.25) is 0 Å². The van der Waals surface area contributed by atoms with Crippen LogP contribution in [0.5, 0.6) is 0 Å². The van der Waals surface area contributed by atoms with E-state index in [4.69, 9.17) is 30.8 Å². The van der Waals surface area contributed by atoms with Crippen molar-refractivity contribution in [3.8, 4) is 6.07 Å². The average molecular weight is 312 g/mol. The summed E-state index contributed by atoms with van der Waals surface area (Å²) in [7, 11) is 0. The summed E-state index contributed by atoms with van der Waals surface area (Å²) in [5.41, 5.74) is 0.644. The fraction of sp³-hybridized carbons (Fsp3) is 0.500. The molecular formula is C14H18NO7-. The van der Waals surface area contributed by atoms with E-state index in [0.29, 0.717) is 5.56 Å². The maximum absolute atomic E-state index is 10.7. The second kappa shape index (κ2) is 8.77. The van der Waals surface area contributed by atoms with E-state index >= 15 is 0 Å². The Hall–Kier alpha value is -1.57. The molecule has 1 heterocycles. The lowest BCUT2D eigenvalue weighted by Gasteiger charge is -2.43. The topological polar surface area (TPSA) is 157 Å². The molecule has 8 nitrogen and oxygen atoms in total. The molecule has 8 heteroatoms. The SMILES string of the molecule is N#CC(O)c1ccccc1.[O-][C@@H]1O[C@H](CO)[C@@H](O)[C@H](O)[C@H]1O. The summed E-state index contributed by atoms with van der Waals surface area (Å²) >= 11 is 0. The van der Waals surface area contributed by atoms with E-state index < -0.39 is 43.4 Å². The summed E-state index contributed by atoms with van der Waals surface area (Å²) in [4.78, 5) is 0. The van der Waals surface area contributed by atoms with Gasteiger partial charge in [0, 0.05) is 6.29 Å². The number of ether oxygens (including phenoxy) is 1. The van der Waals surface area contributed by atoms with Crippen LogP contribution < -0.4 is 5.11 Å². The van der Waals surface area contributed by atoms with Gasteiger partial charge in [0.2, 0.25) is 0 Å². The van der Waals surface area contributed by atoms with Gasteiger partial charge in [-0.05, 0) is 5.56 Å². The zero-order valence-corrected chi connectivity index (χ0v) is 11.6. The highest BCUT2D eigenvalue weighted by atomic mass is 16.6. The number of aliphatic hydroxyl groups excluding tert-OH is 5. The van der Waals surface area contributed by atoms with Gasteiger partial charge in [-0.15, -0.1) is 0 Å². The minimum atomic E-state index is -1.82. The van der Waals surface area contributed by atoms with Crippen LogP contribution in [0.3, 0.4) is 0 Å². The molecule has 0 bridgehead atoms. The zero-order valence-electron chi connectivity index (χ0n) is 11.6. The largest absolute Gasteiger partial charge is 0.829 e. The zero-order chi connectivity index (χ0) is 16.7. The maximum Gasteiger partial charge on any atom is 0.165 e. The first-order valence-corrected chi connectivity index (χ1v) is 6.51. The molecule has 1 unspecified atom stereocenters. The number of aliphatic hydroxyl groups is 5. The second-order valence-corrected chi connectivity index (χ2v) is 4.64. The van der Waals surface area contributed by atoms with Gasteiger partial charge >= 0.3 is 0 Å². The Labute approximate surface area is 127 Å². The molecule has 22 heavy (non-hydrogen) atoms. The molecule has 0 radical (unpaired) electrons. The molecule has 0 aromatic heterocycles. The predicted molar refractivity (Wildman–Crippen MR) is 70.8 cm³/mol. The van der Waals surface area contributed by atoms with E-state index in [0.717, 1.165) is 0 Å². The van der Waals surface area contributed by atoms with Crippen molar-refractivity contribution in [3.05, 3.63) is 35.9 Å². The van der Waals surface area contributed by atoms with Crippen molar-refractivity contribution in [2.75, 3.05) is 6.61 Å². The molecule has 1 saturated heterocycles. The van der Waals surface area contributed by atoms with Crippen molar-refractivity contribution in [2.45, 2.75) is 36.8 Å². The number of nitriles is 1. The monoisotopic (exact) mass is 312 g/mol. The standard InChI is InChI=1S/C8H7NO.C6H11O6/c9-6-8(10)7-4-2-1-3-5-7;7-1-2-3(8)4(9)5(10)6(11)12-2/h1-5,8,10H;2-10H,1H2/q;-1/t;2-,3-,4+,5-,6-/m.1/s1. The van der Waals surface area contributed by atoms with E-state index in [-0.39, 0.29) is 0 Å². The van der Waals surface area contributed by atoms with E-state index in [1.165, 1.54) is 0 Å². The van der Waals surface area contributed by atoms with Crippen molar-refractivity contribution >= 4 is 0 Å². The number of hydrogen-bond donors (Lipinski definition) is 5. The minimum absolute atomic E-state index is 0.566. The Bertz CT molecular complexity index is 473. The third kappa shape index (κ3) is 4.72. The van der Waals surface area contributed by atoms with Crippen LogP contribution in [0.1, 0.15) is 11.7 Å². The predicted octanol–water partition coefficient (Wildman–Crippen LogP) is -2.61. The third-order valence-corrected chi connectivity index (χ3v) is 3.09. The first kappa shape index (κ1) is 18.5. The first-order chi connectivity index (χ1) is 10.4. The van der Waals surface area contributed by atoms with Gasteiger partial charge in [-0.1, -0.05) is 30.3 Å². The Morgan fingerprint density at radius 2 is 1.73 bits per heavy atom. The highest BCUT2D eigenvalue weighted by Crippen LogP contribution is 2.17. The first-order valence-electron chi connectivity index (χ1n) is 6.51. The van der Waals surface area contributed by atoms with Crippen LogP contribution >= 0.6 is 0 Å². The summed E-state index contributed by atoms with van der Waals surface area (Å²) in [5.74, 6) is 0. The summed E-state index contributed by atoms with van der Waals surface area (Å²) in [6.45, 7) is -0.566. The molecule has 122 valence electrons. The molecule has 5 N–H and O–H groups in total. The van der Waals surface area contributed by atoms with Crippen LogP contribution in [0, 0.1) is 11.3 Å². The summed E-state index contributed by atoms with van der Waals surface area (Å²) in [5, 5.41) is 63.6. The van der Waals surface area contributed by atoms with Crippen molar-refractivity contribution < 1.29 is 35.4 Å². The molecule has 1 fully saturated rings. The molecule has 1 aromatic rings. The van der Waals surface area contributed by atoms with E-state index in [2.05, 4.69) is 4.74 Å². The van der Waals surface area contributed by atoms with Gasteiger partial charge in [-0.3, -0.25) is 0 Å². The molecular weight excluding hydrogens is 294 g/mol. The lowest BCUT2D eigenvalue weighted by atomic mass is 10.00. The van der Waals surface area contributed by atoms with Crippen LogP contribution in [-0.2, 0) is 4.74 Å². The number of nitrogens with zero attached hydrogens (tertiary/aromatic N) is 1. The lowest BCUT2D eigenvalue weighted by molar-refractivity contribution is -0.532. The van der Waals surface area contributed by atoms with E-state index in [1.807, 2.05) is 6.07 Å². The number of hydrogen-bond acceptors (Lipinski definition) is 8. The normalized spacial score (nSPS) is 32.3. The molecule has 0 spiro atoms. The summed E-state index contributed by atoms with van der Waals surface area (Å²) in [6, 6.07) is 10.6. The smallest absolute Gasteiger partial charge is 0.165 e. The van der Waals surface area contributed by atoms with Gasteiger partial charge in [-0.2, -0.15) is 5.26 Å². The van der Waals surface area contributed by atoms with Crippen molar-refractivity contribution in [1.82, 2.24) is 0 Å². The highest BCUT2D eigenvalue weighted by Gasteiger charge is 2.38. The molecule has 0 amide bonds. The fourth-order valence-corrected chi connectivity index (χ4v) is 1.78. The van der Waals surface area contributed by atoms with Crippen molar-refractivity contribution in [2.24, 2.45) is 0 Å². The lowest BCUT2D eigenvalue weighted by Crippen LogP contribution is -2.62. The van der Waals surface area contributed by atoms with Gasteiger partial charge in [0.1, 0.15) is 18.3 Å². The molecule has 0 aliphatic carbocycles. The number of benzene rings is 1. The van der Waals surface area contributed by atoms with Gasteiger partial charge in [0.15, 0.2) is 6.10 Å². The van der Waals surface area contributed by atoms with Crippen LogP contribution in [-0.4, -0.2) is 62.8 Å². The Balaban J connectivity index is 0.000000224. The fourth-order valence-electron chi connectivity index (χ4n) is 1.78. The Kier molecular flexibility index (Phi) is 7.37. The third-order valence-electron chi connectivity index (χ3n) is 3.09. The highest BCUT2D eigenvalue weighted by molar-refractivity contribution is 5.21. The summed E-state index contributed by atoms with van der Waals surface area (Å²) in [6.07, 6.45) is -8.55. The molecule has 0 saturated carbocycles. The van der Waals surface area contributed by atoms with Gasteiger partial charge < -0.3 is 35.4 Å².